The number of piperidine rings is 1. The Kier molecular flexibility index (Phi) is 5.27. The molecule has 1 atom stereocenters. The van der Waals surface area contributed by atoms with Crippen molar-refractivity contribution in [2.75, 3.05) is 6.54 Å². The van der Waals surface area contributed by atoms with Crippen LogP contribution in [0.3, 0.4) is 0 Å². The van der Waals surface area contributed by atoms with Gasteiger partial charge in [0.05, 0.1) is 6.04 Å². The van der Waals surface area contributed by atoms with Crippen LogP contribution in [0.5, 0.6) is 0 Å². The van der Waals surface area contributed by atoms with E-state index >= 15 is 0 Å². The van der Waals surface area contributed by atoms with Gasteiger partial charge in [-0.25, -0.2) is 0 Å². The molecule has 102 valence electrons. The molecule has 0 aliphatic carbocycles. The number of amides is 3. The third-order valence-corrected chi connectivity index (χ3v) is 3.21. The van der Waals surface area contributed by atoms with Crippen LogP contribution < -0.4 is 11.1 Å². The number of nitrogens with one attached hydrogen (secondary N) is 1. The molecule has 0 spiro atoms. The van der Waals surface area contributed by atoms with Crippen LogP contribution in [0.25, 0.3) is 0 Å². The van der Waals surface area contributed by atoms with Gasteiger partial charge in [0.1, 0.15) is 6.54 Å². The Morgan fingerprint density at radius 3 is 2.61 bits per heavy atom. The number of nitrogens with zero attached hydrogens (tertiary/aromatic N) is 1. The Morgan fingerprint density at radius 2 is 2.06 bits per heavy atom. The van der Waals surface area contributed by atoms with Crippen molar-refractivity contribution in [3.63, 3.8) is 0 Å². The number of imide groups is 1. The van der Waals surface area contributed by atoms with Gasteiger partial charge < -0.3 is 11.1 Å². The molecule has 1 fully saturated rings. The number of likely N-dealkylation sites (tertiary alicyclic amines) is 1. The molecule has 1 saturated heterocycles. The fraction of sp³-hybridized carbons (Fsp3) is 0.750. The monoisotopic (exact) mass is 255 g/mol. The molecule has 0 aromatic carbocycles. The lowest BCUT2D eigenvalue weighted by molar-refractivity contribution is -0.151. The van der Waals surface area contributed by atoms with Gasteiger partial charge in [-0.2, -0.15) is 0 Å². The minimum absolute atomic E-state index is 0.0844. The highest BCUT2D eigenvalue weighted by Crippen LogP contribution is 2.11. The number of carbonyl (C=O) groups is 3. The highest BCUT2D eigenvalue weighted by molar-refractivity contribution is 6.03. The van der Waals surface area contributed by atoms with E-state index in [2.05, 4.69) is 5.32 Å². The number of carbonyl (C=O) groups excluding carboxylic acids is 3. The van der Waals surface area contributed by atoms with Crippen molar-refractivity contribution < 1.29 is 14.4 Å². The Labute approximate surface area is 107 Å². The molecule has 6 nitrogen and oxygen atoms in total. The molecular weight excluding hydrogens is 234 g/mol. The molecule has 0 bridgehead atoms. The van der Waals surface area contributed by atoms with E-state index in [-0.39, 0.29) is 30.8 Å². The Balaban J connectivity index is 2.57. The van der Waals surface area contributed by atoms with E-state index in [4.69, 9.17) is 5.73 Å². The molecule has 1 aliphatic heterocycles. The smallest absolute Gasteiger partial charge is 0.246 e. The molecule has 1 heterocycles. The lowest BCUT2D eigenvalue weighted by atomic mass is 10.1. The molecule has 3 N–H and O–H groups in total. The second-order valence-corrected chi connectivity index (χ2v) is 4.54. The van der Waals surface area contributed by atoms with Crippen molar-refractivity contribution in [3.05, 3.63) is 0 Å². The SMILES string of the molecule is CCC(CC)NC(=O)CN1C(=O)CCC(N)C1=O. The van der Waals surface area contributed by atoms with Gasteiger partial charge in [0, 0.05) is 12.5 Å². The zero-order chi connectivity index (χ0) is 13.7. The summed E-state index contributed by atoms with van der Waals surface area (Å²) < 4.78 is 0. The van der Waals surface area contributed by atoms with Gasteiger partial charge in [-0.1, -0.05) is 13.8 Å². The van der Waals surface area contributed by atoms with Crippen LogP contribution >= 0.6 is 0 Å². The summed E-state index contributed by atoms with van der Waals surface area (Å²) in [7, 11) is 0. The zero-order valence-corrected chi connectivity index (χ0v) is 10.9. The van der Waals surface area contributed by atoms with Crippen molar-refractivity contribution >= 4 is 17.7 Å². The van der Waals surface area contributed by atoms with Gasteiger partial charge in [0.2, 0.25) is 17.7 Å². The lowest BCUT2D eigenvalue weighted by Gasteiger charge is -2.28. The normalized spacial score (nSPS) is 20.4. The highest BCUT2D eigenvalue weighted by Gasteiger charge is 2.33. The summed E-state index contributed by atoms with van der Waals surface area (Å²) in [5.74, 6) is -1.08. The maximum atomic E-state index is 11.7. The van der Waals surface area contributed by atoms with Crippen molar-refractivity contribution in [1.29, 1.82) is 0 Å². The van der Waals surface area contributed by atoms with E-state index in [0.29, 0.717) is 6.42 Å². The van der Waals surface area contributed by atoms with Crippen LogP contribution in [-0.2, 0) is 14.4 Å². The minimum Gasteiger partial charge on any atom is -0.352 e. The summed E-state index contributed by atoms with van der Waals surface area (Å²) in [6.07, 6.45) is 2.24. The van der Waals surface area contributed by atoms with Gasteiger partial charge in [-0.15, -0.1) is 0 Å². The van der Waals surface area contributed by atoms with Crippen molar-refractivity contribution in [2.45, 2.75) is 51.6 Å². The highest BCUT2D eigenvalue weighted by atomic mass is 16.2. The minimum atomic E-state index is -0.663. The number of hydrogen-bond acceptors (Lipinski definition) is 4. The molecule has 0 saturated carbocycles. The fourth-order valence-corrected chi connectivity index (χ4v) is 1.94. The first-order valence-electron chi connectivity index (χ1n) is 6.38. The quantitative estimate of drug-likeness (QED) is 0.664. The molecule has 0 aromatic rings. The Hall–Kier alpha value is -1.43. The number of rotatable bonds is 5. The molecule has 6 heteroatoms. The Morgan fingerprint density at radius 1 is 1.44 bits per heavy atom. The largest absolute Gasteiger partial charge is 0.352 e. The van der Waals surface area contributed by atoms with E-state index in [1.54, 1.807) is 0 Å². The molecule has 1 unspecified atom stereocenters. The molecule has 3 amide bonds. The lowest BCUT2D eigenvalue weighted by Crippen LogP contribution is -2.54. The summed E-state index contributed by atoms with van der Waals surface area (Å²) in [5.41, 5.74) is 5.59. The van der Waals surface area contributed by atoms with Gasteiger partial charge in [-0.05, 0) is 19.3 Å². The average Bonchev–Trinajstić information content (AvgIpc) is 2.36. The van der Waals surface area contributed by atoms with Gasteiger partial charge in [-0.3, -0.25) is 19.3 Å². The molecule has 0 aromatic heterocycles. The third kappa shape index (κ3) is 3.53. The topological polar surface area (TPSA) is 92.5 Å². The van der Waals surface area contributed by atoms with Crippen molar-refractivity contribution in [2.24, 2.45) is 5.73 Å². The number of hydrogen-bond donors (Lipinski definition) is 2. The average molecular weight is 255 g/mol. The van der Waals surface area contributed by atoms with Crippen molar-refractivity contribution in [3.8, 4) is 0 Å². The third-order valence-electron chi connectivity index (χ3n) is 3.21. The maximum Gasteiger partial charge on any atom is 0.246 e. The van der Waals surface area contributed by atoms with E-state index in [0.717, 1.165) is 17.7 Å². The number of nitrogens with two attached hydrogens (primary N) is 1. The summed E-state index contributed by atoms with van der Waals surface area (Å²) in [5, 5.41) is 2.79. The molecule has 0 radical (unpaired) electrons. The van der Waals surface area contributed by atoms with Gasteiger partial charge in [0.15, 0.2) is 0 Å². The molecule has 1 aliphatic rings. The van der Waals surface area contributed by atoms with E-state index in [1.165, 1.54) is 0 Å². The van der Waals surface area contributed by atoms with Crippen LogP contribution in [0.1, 0.15) is 39.5 Å². The van der Waals surface area contributed by atoms with Crippen molar-refractivity contribution in [1.82, 2.24) is 10.2 Å². The Bertz CT molecular complexity index is 339. The second-order valence-electron chi connectivity index (χ2n) is 4.54. The zero-order valence-electron chi connectivity index (χ0n) is 10.9. The summed E-state index contributed by atoms with van der Waals surface area (Å²) in [4.78, 5) is 36.0. The van der Waals surface area contributed by atoms with Crippen LogP contribution in [0, 0.1) is 0 Å². The van der Waals surface area contributed by atoms with Crippen LogP contribution in [0.4, 0.5) is 0 Å². The predicted octanol–water partition coefficient (Wildman–Crippen LogP) is -0.232. The first kappa shape index (κ1) is 14.6. The molecule has 18 heavy (non-hydrogen) atoms. The summed E-state index contributed by atoms with van der Waals surface area (Å²) in [6.45, 7) is 3.73. The first-order chi connectivity index (χ1) is 8.49. The second kappa shape index (κ2) is 6.49. The first-order valence-corrected chi connectivity index (χ1v) is 6.38. The van der Waals surface area contributed by atoms with Crippen LogP contribution in [0.15, 0.2) is 0 Å². The summed E-state index contributed by atoms with van der Waals surface area (Å²) in [6, 6.07) is -0.579. The van der Waals surface area contributed by atoms with Crippen LogP contribution in [-0.4, -0.2) is 41.2 Å². The van der Waals surface area contributed by atoms with Gasteiger partial charge >= 0.3 is 0 Å². The van der Waals surface area contributed by atoms with E-state index < -0.39 is 11.9 Å². The molecular formula is C12H21N3O3. The van der Waals surface area contributed by atoms with E-state index in [9.17, 15) is 14.4 Å². The summed E-state index contributed by atoms with van der Waals surface area (Å²) >= 11 is 0. The predicted molar refractivity (Wildman–Crippen MR) is 66.4 cm³/mol. The molecule has 1 rings (SSSR count). The van der Waals surface area contributed by atoms with E-state index in [1.807, 2.05) is 13.8 Å². The maximum absolute atomic E-state index is 11.7. The van der Waals surface area contributed by atoms with Gasteiger partial charge in [0.25, 0.3) is 0 Å². The van der Waals surface area contributed by atoms with Crippen LogP contribution in [0.2, 0.25) is 0 Å². The standard InChI is InChI=1S/C12H21N3O3/c1-3-8(4-2)14-10(16)7-15-11(17)6-5-9(13)12(15)18/h8-9H,3-7,13H2,1-2H3,(H,14,16). The fourth-order valence-electron chi connectivity index (χ4n) is 1.94.